The van der Waals surface area contributed by atoms with Crippen molar-refractivity contribution in [1.82, 2.24) is 4.98 Å². The van der Waals surface area contributed by atoms with Gasteiger partial charge in [-0.2, -0.15) is 0 Å². The maximum atomic E-state index is 5.34. The summed E-state index contributed by atoms with van der Waals surface area (Å²) in [5, 5.41) is 3.10. The van der Waals surface area contributed by atoms with Crippen LogP contribution in [0.25, 0.3) is 0 Å². The van der Waals surface area contributed by atoms with Gasteiger partial charge >= 0.3 is 0 Å². The van der Waals surface area contributed by atoms with Crippen LogP contribution in [0.3, 0.4) is 0 Å². The third-order valence-corrected chi connectivity index (χ3v) is 3.51. The molecule has 0 amide bonds. The van der Waals surface area contributed by atoms with Crippen molar-refractivity contribution in [2.45, 2.75) is 20.3 Å². The fraction of sp³-hybridized carbons (Fsp3) is 0.389. The van der Waals surface area contributed by atoms with Gasteiger partial charge in [-0.25, -0.2) is 0 Å². The number of aromatic nitrogens is 1. The zero-order valence-electron chi connectivity index (χ0n) is 14.2. The smallest absolute Gasteiger partial charge is 0.179 e. The maximum Gasteiger partial charge on any atom is 0.179 e. The predicted octanol–water partition coefficient (Wildman–Crippen LogP) is 3.46. The van der Waals surface area contributed by atoms with Crippen molar-refractivity contribution >= 4 is 5.69 Å². The first-order valence-electron chi connectivity index (χ1n) is 7.74. The molecule has 0 bridgehead atoms. The highest BCUT2D eigenvalue weighted by Gasteiger charge is 2.10. The molecule has 1 N–H and O–H groups in total. The molecule has 23 heavy (non-hydrogen) atoms. The average molecular weight is 316 g/mol. The lowest BCUT2D eigenvalue weighted by atomic mass is 10.1. The molecule has 0 unspecified atom stereocenters. The van der Waals surface area contributed by atoms with E-state index in [9.17, 15) is 0 Å². The second kappa shape index (κ2) is 8.27. The minimum absolute atomic E-state index is 0.623. The van der Waals surface area contributed by atoms with Gasteiger partial charge in [-0.05, 0) is 31.0 Å². The van der Waals surface area contributed by atoms with Crippen LogP contribution < -0.4 is 19.5 Å². The lowest BCUT2D eigenvalue weighted by Crippen LogP contribution is -2.15. The number of ether oxygens (including phenoxy) is 3. The molecule has 0 saturated carbocycles. The molecule has 2 heterocycles. The summed E-state index contributed by atoms with van der Waals surface area (Å²) in [4.78, 5) is 4.09. The number of fused-ring (bicyclic) bond motifs is 1. The van der Waals surface area contributed by atoms with E-state index < -0.39 is 0 Å². The Morgan fingerprint density at radius 3 is 2.57 bits per heavy atom. The van der Waals surface area contributed by atoms with Gasteiger partial charge in [-0.1, -0.05) is 13.0 Å². The molecule has 124 valence electrons. The normalized spacial score (nSPS) is 12.0. The molecule has 0 radical (unpaired) electrons. The number of methoxy groups -OCH3 is 1. The Kier molecular flexibility index (Phi) is 6.09. The highest BCUT2D eigenvalue weighted by Crippen LogP contribution is 2.28. The third kappa shape index (κ3) is 4.52. The highest BCUT2D eigenvalue weighted by molar-refractivity contribution is 5.57. The van der Waals surface area contributed by atoms with Gasteiger partial charge in [0.15, 0.2) is 11.5 Å². The van der Waals surface area contributed by atoms with Crippen molar-refractivity contribution in [3.05, 3.63) is 41.7 Å². The second-order valence-corrected chi connectivity index (χ2v) is 5.11. The lowest BCUT2D eigenvalue weighted by Gasteiger charge is -2.17. The Morgan fingerprint density at radius 1 is 1.17 bits per heavy atom. The van der Waals surface area contributed by atoms with Crippen LogP contribution in [-0.4, -0.2) is 32.4 Å². The van der Waals surface area contributed by atoms with Crippen LogP contribution in [0.15, 0.2) is 30.5 Å². The molecule has 0 atom stereocenters. The number of nitrogens with one attached hydrogen (secondary N) is 1. The largest absolute Gasteiger partial charge is 0.495 e. The van der Waals surface area contributed by atoms with Crippen molar-refractivity contribution in [2.75, 3.05) is 32.7 Å². The van der Waals surface area contributed by atoms with E-state index in [1.165, 1.54) is 5.56 Å². The van der Waals surface area contributed by atoms with Gasteiger partial charge in [0.2, 0.25) is 0 Å². The maximum absolute atomic E-state index is 5.34. The molecule has 1 aliphatic rings. The Morgan fingerprint density at radius 2 is 1.91 bits per heavy atom. The third-order valence-electron chi connectivity index (χ3n) is 3.51. The summed E-state index contributed by atoms with van der Waals surface area (Å²) >= 11 is 0. The van der Waals surface area contributed by atoms with Gasteiger partial charge in [0.25, 0.3) is 0 Å². The van der Waals surface area contributed by atoms with E-state index in [1.807, 2.05) is 26.1 Å². The highest BCUT2D eigenvalue weighted by atomic mass is 16.6. The van der Waals surface area contributed by atoms with E-state index in [1.54, 1.807) is 13.3 Å². The van der Waals surface area contributed by atoms with Crippen LogP contribution in [0.2, 0.25) is 0 Å². The molecule has 1 aromatic heterocycles. The quantitative estimate of drug-likeness (QED) is 0.940. The lowest BCUT2D eigenvalue weighted by molar-refractivity contribution is 0.170. The van der Waals surface area contributed by atoms with Gasteiger partial charge in [-0.15, -0.1) is 0 Å². The number of hydrogen-bond acceptors (Lipinski definition) is 5. The van der Waals surface area contributed by atoms with Crippen molar-refractivity contribution < 1.29 is 14.2 Å². The molecule has 0 fully saturated rings. The average Bonchev–Trinajstić information content (AvgIpc) is 2.61. The fourth-order valence-corrected chi connectivity index (χ4v) is 2.22. The Balaban J connectivity index is 0.000000167. The summed E-state index contributed by atoms with van der Waals surface area (Å²) in [6.07, 6.45) is 2.75. The molecular weight excluding hydrogens is 292 g/mol. The summed E-state index contributed by atoms with van der Waals surface area (Å²) < 4.78 is 15.8. The fourth-order valence-electron chi connectivity index (χ4n) is 2.22. The van der Waals surface area contributed by atoms with E-state index >= 15 is 0 Å². The number of rotatable bonds is 3. The van der Waals surface area contributed by atoms with Crippen LogP contribution in [0, 0.1) is 6.92 Å². The van der Waals surface area contributed by atoms with Crippen LogP contribution in [0.5, 0.6) is 17.2 Å². The molecule has 5 nitrogen and oxygen atoms in total. The van der Waals surface area contributed by atoms with Crippen LogP contribution in [0.4, 0.5) is 5.69 Å². The predicted molar refractivity (Wildman–Crippen MR) is 91.9 cm³/mol. The van der Waals surface area contributed by atoms with E-state index in [4.69, 9.17) is 14.2 Å². The topological polar surface area (TPSA) is 52.6 Å². The molecule has 3 rings (SSSR count). The van der Waals surface area contributed by atoms with E-state index in [0.717, 1.165) is 35.1 Å². The van der Waals surface area contributed by atoms with E-state index in [0.29, 0.717) is 13.2 Å². The number of pyridine rings is 1. The van der Waals surface area contributed by atoms with Crippen molar-refractivity contribution in [3.63, 3.8) is 0 Å². The summed E-state index contributed by atoms with van der Waals surface area (Å²) in [5.74, 6) is 2.46. The van der Waals surface area contributed by atoms with Crippen molar-refractivity contribution in [2.24, 2.45) is 0 Å². The Hall–Kier alpha value is -2.43. The Bertz CT molecular complexity index is 644. The molecule has 1 aliphatic heterocycles. The van der Waals surface area contributed by atoms with E-state index in [2.05, 4.69) is 29.4 Å². The minimum Gasteiger partial charge on any atom is -0.495 e. The molecule has 5 heteroatoms. The SMILES string of the molecule is CCc1ccc(OC)c(NC)c1.Cc1cc2c(cn1)OCCO2. The monoisotopic (exact) mass is 316 g/mol. The van der Waals surface area contributed by atoms with Gasteiger partial charge in [0.05, 0.1) is 19.0 Å². The first-order chi connectivity index (χ1) is 11.2. The summed E-state index contributed by atoms with van der Waals surface area (Å²) in [6.45, 7) is 5.33. The van der Waals surface area contributed by atoms with Crippen LogP contribution >= 0.6 is 0 Å². The van der Waals surface area contributed by atoms with Gasteiger partial charge in [-0.3, -0.25) is 4.98 Å². The number of hydrogen-bond donors (Lipinski definition) is 1. The number of benzene rings is 1. The second-order valence-electron chi connectivity index (χ2n) is 5.11. The first-order valence-corrected chi connectivity index (χ1v) is 7.74. The van der Waals surface area contributed by atoms with Gasteiger partial charge in [0.1, 0.15) is 19.0 Å². The number of nitrogens with zero attached hydrogens (tertiary/aromatic N) is 1. The van der Waals surface area contributed by atoms with Crippen LogP contribution in [-0.2, 0) is 6.42 Å². The van der Waals surface area contributed by atoms with Gasteiger partial charge in [0, 0.05) is 18.8 Å². The summed E-state index contributed by atoms with van der Waals surface area (Å²) in [7, 11) is 3.58. The Labute approximate surface area is 137 Å². The summed E-state index contributed by atoms with van der Waals surface area (Å²) in [6, 6.07) is 8.07. The molecule has 0 aliphatic carbocycles. The van der Waals surface area contributed by atoms with E-state index in [-0.39, 0.29) is 0 Å². The number of aryl methyl sites for hydroxylation is 2. The zero-order chi connectivity index (χ0) is 16.7. The standard InChI is InChI=1S/C10H15NO.C8H9NO2/c1-4-8-5-6-10(12-3)9(7-8)11-2;1-6-4-7-8(5-9-6)11-3-2-10-7/h5-7,11H,4H2,1-3H3;4-5H,2-3H2,1H3. The summed E-state index contributed by atoms with van der Waals surface area (Å²) in [5.41, 5.74) is 3.33. The molecule has 2 aromatic rings. The first kappa shape index (κ1) is 16.9. The van der Waals surface area contributed by atoms with Crippen molar-refractivity contribution in [3.8, 4) is 17.2 Å². The molecule has 1 aromatic carbocycles. The van der Waals surface area contributed by atoms with Crippen LogP contribution in [0.1, 0.15) is 18.2 Å². The zero-order valence-corrected chi connectivity index (χ0v) is 14.2. The number of anilines is 1. The molecule has 0 saturated heterocycles. The molecular formula is C18H24N2O3. The van der Waals surface area contributed by atoms with Gasteiger partial charge < -0.3 is 19.5 Å². The minimum atomic E-state index is 0.623. The van der Waals surface area contributed by atoms with Crippen molar-refractivity contribution in [1.29, 1.82) is 0 Å². The molecule has 0 spiro atoms.